The van der Waals surface area contributed by atoms with Crippen molar-refractivity contribution in [2.45, 2.75) is 20.3 Å². The highest BCUT2D eigenvalue weighted by molar-refractivity contribution is 5.93. The molecule has 0 aliphatic carbocycles. The van der Waals surface area contributed by atoms with Crippen molar-refractivity contribution in [1.29, 1.82) is 0 Å². The van der Waals surface area contributed by atoms with E-state index >= 15 is 0 Å². The summed E-state index contributed by atoms with van der Waals surface area (Å²) in [6.07, 6.45) is 0.139. The monoisotopic (exact) mass is 405 g/mol. The predicted molar refractivity (Wildman–Crippen MR) is 111 cm³/mol. The molecule has 2 aromatic heterocycles. The summed E-state index contributed by atoms with van der Waals surface area (Å²) in [5.74, 6) is 0.522. The standard InChI is InChI=1S/C19H23N5O3.ClH/c1-11-15(12(2)21-18-17(11)19(26)23-24(18)3)10-16(25)22-13-4-6-14(7-5-13)27-9-8-20;/h4-7H,8-10,20H2,1-3H3,(H,22,25)(H,23,26);1H. The van der Waals surface area contributed by atoms with Gasteiger partial charge in [-0.15, -0.1) is 12.4 Å². The minimum Gasteiger partial charge on any atom is -0.492 e. The number of aromatic nitrogens is 3. The van der Waals surface area contributed by atoms with E-state index in [0.717, 1.165) is 16.8 Å². The number of hydrogen-bond donors (Lipinski definition) is 3. The van der Waals surface area contributed by atoms with Crippen LogP contribution in [0.2, 0.25) is 0 Å². The van der Waals surface area contributed by atoms with Gasteiger partial charge in [0.2, 0.25) is 5.91 Å². The molecule has 3 aromatic rings. The van der Waals surface area contributed by atoms with Crippen LogP contribution in [-0.4, -0.2) is 33.8 Å². The summed E-state index contributed by atoms with van der Waals surface area (Å²) in [6.45, 7) is 4.58. The second-order valence-corrected chi connectivity index (χ2v) is 6.39. The molecule has 0 fully saturated rings. The van der Waals surface area contributed by atoms with Gasteiger partial charge in [0, 0.05) is 25.0 Å². The zero-order valence-electron chi connectivity index (χ0n) is 16.0. The number of anilines is 1. The summed E-state index contributed by atoms with van der Waals surface area (Å²) >= 11 is 0. The van der Waals surface area contributed by atoms with Gasteiger partial charge in [-0.05, 0) is 49.2 Å². The first kappa shape index (κ1) is 21.5. The van der Waals surface area contributed by atoms with Gasteiger partial charge in [0.05, 0.1) is 11.8 Å². The molecule has 150 valence electrons. The summed E-state index contributed by atoms with van der Waals surface area (Å²) < 4.78 is 7.01. The Kier molecular flexibility index (Phi) is 6.82. The third kappa shape index (κ3) is 4.35. The molecule has 1 aromatic carbocycles. The molecule has 0 aliphatic heterocycles. The van der Waals surface area contributed by atoms with Crippen LogP contribution in [0.3, 0.4) is 0 Å². The van der Waals surface area contributed by atoms with E-state index in [-0.39, 0.29) is 30.3 Å². The number of aryl methyl sites for hydroxylation is 3. The third-order valence-corrected chi connectivity index (χ3v) is 4.44. The fourth-order valence-electron chi connectivity index (χ4n) is 3.09. The number of nitrogens with two attached hydrogens (primary N) is 1. The largest absolute Gasteiger partial charge is 0.492 e. The molecule has 0 atom stereocenters. The maximum Gasteiger partial charge on any atom is 0.273 e. The number of pyridine rings is 1. The first-order valence-electron chi connectivity index (χ1n) is 8.68. The van der Waals surface area contributed by atoms with E-state index in [1.807, 2.05) is 13.8 Å². The van der Waals surface area contributed by atoms with Gasteiger partial charge in [-0.25, -0.2) is 4.98 Å². The van der Waals surface area contributed by atoms with E-state index in [1.54, 1.807) is 36.0 Å². The van der Waals surface area contributed by atoms with Crippen LogP contribution in [0.4, 0.5) is 5.69 Å². The molecule has 1 amide bonds. The summed E-state index contributed by atoms with van der Waals surface area (Å²) in [5, 5.41) is 6.08. The number of amides is 1. The molecule has 8 nitrogen and oxygen atoms in total. The zero-order valence-corrected chi connectivity index (χ0v) is 16.9. The molecule has 0 aliphatic rings. The number of ether oxygens (including phenoxy) is 1. The molecule has 0 saturated carbocycles. The highest BCUT2D eigenvalue weighted by Crippen LogP contribution is 2.21. The Morgan fingerprint density at radius 1 is 1.29 bits per heavy atom. The lowest BCUT2D eigenvalue weighted by Gasteiger charge is -2.11. The van der Waals surface area contributed by atoms with E-state index in [1.165, 1.54) is 0 Å². The average molecular weight is 406 g/mol. The summed E-state index contributed by atoms with van der Waals surface area (Å²) in [5.41, 5.74) is 8.74. The summed E-state index contributed by atoms with van der Waals surface area (Å²) in [6, 6.07) is 7.09. The molecule has 9 heteroatoms. The van der Waals surface area contributed by atoms with Crippen molar-refractivity contribution in [2.75, 3.05) is 18.5 Å². The second-order valence-electron chi connectivity index (χ2n) is 6.39. The van der Waals surface area contributed by atoms with Crippen LogP contribution >= 0.6 is 12.4 Å². The first-order chi connectivity index (χ1) is 12.9. The lowest BCUT2D eigenvalue weighted by atomic mass is 10.0. The smallest absolute Gasteiger partial charge is 0.273 e. The van der Waals surface area contributed by atoms with Crippen molar-refractivity contribution in [3.05, 3.63) is 51.4 Å². The fraction of sp³-hybridized carbons (Fsp3) is 0.316. The molecule has 0 spiro atoms. The number of nitrogens with one attached hydrogen (secondary N) is 2. The van der Waals surface area contributed by atoms with Gasteiger partial charge in [0.25, 0.3) is 5.56 Å². The topological polar surface area (TPSA) is 115 Å². The molecule has 28 heavy (non-hydrogen) atoms. The van der Waals surface area contributed by atoms with E-state index < -0.39 is 0 Å². The number of hydrogen-bond acceptors (Lipinski definition) is 5. The number of nitrogens with zero attached hydrogens (tertiary/aromatic N) is 2. The SMILES string of the molecule is Cc1nc2c(c(C)c1CC(=O)Nc1ccc(OCCN)cc1)c(=O)[nH]n2C.Cl. The number of fused-ring (bicyclic) bond motifs is 1. The lowest BCUT2D eigenvalue weighted by molar-refractivity contribution is -0.115. The van der Waals surface area contributed by atoms with E-state index in [0.29, 0.717) is 35.6 Å². The van der Waals surface area contributed by atoms with E-state index in [4.69, 9.17) is 10.5 Å². The molecule has 0 bridgehead atoms. The summed E-state index contributed by atoms with van der Waals surface area (Å²) in [7, 11) is 1.74. The van der Waals surface area contributed by atoms with Gasteiger partial charge < -0.3 is 15.8 Å². The number of carbonyl (C=O) groups excluding carboxylic acids is 1. The van der Waals surface area contributed by atoms with Crippen molar-refractivity contribution >= 4 is 35.0 Å². The Balaban J connectivity index is 0.00000280. The Hall–Kier alpha value is -2.84. The Labute approximate surface area is 168 Å². The Morgan fingerprint density at radius 2 is 1.96 bits per heavy atom. The third-order valence-electron chi connectivity index (χ3n) is 4.44. The fourth-order valence-corrected chi connectivity index (χ4v) is 3.09. The van der Waals surface area contributed by atoms with Crippen LogP contribution in [0, 0.1) is 13.8 Å². The maximum atomic E-state index is 12.5. The molecule has 3 rings (SSSR count). The minimum absolute atomic E-state index is 0. The number of H-pyrrole nitrogens is 1. The molecule has 0 radical (unpaired) electrons. The van der Waals surface area contributed by atoms with Crippen molar-refractivity contribution in [3.63, 3.8) is 0 Å². The zero-order chi connectivity index (χ0) is 19.6. The van der Waals surface area contributed by atoms with E-state index in [9.17, 15) is 9.59 Å². The van der Waals surface area contributed by atoms with E-state index in [2.05, 4.69) is 15.4 Å². The molecule has 2 heterocycles. The van der Waals surface area contributed by atoms with Crippen LogP contribution in [0.1, 0.15) is 16.8 Å². The van der Waals surface area contributed by atoms with Crippen molar-refractivity contribution < 1.29 is 9.53 Å². The first-order valence-corrected chi connectivity index (χ1v) is 8.68. The predicted octanol–water partition coefficient (Wildman–Crippen LogP) is 1.82. The normalized spacial score (nSPS) is 10.6. The van der Waals surface area contributed by atoms with Crippen molar-refractivity contribution in [1.82, 2.24) is 14.8 Å². The molecular weight excluding hydrogens is 382 g/mol. The van der Waals surface area contributed by atoms with Gasteiger partial charge in [-0.1, -0.05) is 0 Å². The van der Waals surface area contributed by atoms with Crippen LogP contribution in [-0.2, 0) is 18.3 Å². The highest BCUT2D eigenvalue weighted by atomic mass is 35.5. The molecule has 4 N–H and O–H groups in total. The number of rotatable bonds is 6. The van der Waals surface area contributed by atoms with Gasteiger partial charge in [-0.3, -0.25) is 19.4 Å². The van der Waals surface area contributed by atoms with Crippen molar-refractivity contribution in [2.24, 2.45) is 12.8 Å². The number of aromatic amines is 1. The molecular formula is C19H24ClN5O3. The number of benzene rings is 1. The average Bonchev–Trinajstić information content (AvgIpc) is 2.91. The van der Waals surface area contributed by atoms with Gasteiger partial charge in [0.15, 0.2) is 5.65 Å². The summed E-state index contributed by atoms with van der Waals surface area (Å²) in [4.78, 5) is 29.1. The van der Waals surface area contributed by atoms with Crippen molar-refractivity contribution in [3.8, 4) is 5.75 Å². The Morgan fingerprint density at radius 3 is 2.61 bits per heavy atom. The Bertz CT molecular complexity index is 1040. The van der Waals surface area contributed by atoms with Gasteiger partial charge >= 0.3 is 0 Å². The van der Waals surface area contributed by atoms with Crippen LogP contribution < -0.4 is 21.3 Å². The van der Waals surface area contributed by atoms with Crippen LogP contribution in [0.15, 0.2) is 29.1 Å². The molecule has 0 unspecified atom stereocenters. The minimum atomic E-state index is -0.202. The van der Waals surface area contributed by atoms with Crippen LogP contribution in [0.25, 0.3) is 11.0 Å². The maximum absolute atomic E-state index is 12.5. The highest BCUT2D eigenvalue weighted by Gasteiger charge is 2.17. The molecule has 0 saturated heterocycles. The number of carbonyl (C=O) groups is 1. The second kappa shape index (κ2) is 8.90. The lowest BCUT2D eigenvalue weighted by Crippen LogP contribution is -2.17. The number of halogens is 1. The van der Waals surface area contributed by atoms with Gasteiger partial charge in [-0.2, -0.15) is 0 Å². The quantitative estimate of drug-likeness (QED) is 0.578. The van der Waals surface area contributed by atoms with Gasteiger partial charge in [0.1, 0.15) is 12.4 Å². The van der Waals surface area contributed by atoms with Crippen LogP contribution in [0.5, 0.6) is 5.75 Å².